The normalized spacial score (nSPS) is 10.7. The fraction of sp³-hybridized carbons (Fsp3) is 0.167. The van der Waals surface area contributed by atoms with Crippen LogP contribution in [0.4, 0.5) is 5.69 Å². The molecule has 0 atom stereocenters. The van der Waals surface area contributed by atoms with Crippen LogP contribution < -0.4 is 10.9 Å². The van der Waals surface area contributed by atoms with E-state index in [1.165, 1.54) is 22.9 Å². The number of benzene rings is 2. The maximum absolute atomic E-state index is 12.4. The zero-order valence-electron chi connectivity index (χ0n) is 14.2. The SMILES string of the molecule is Cc1ccc(C(=O)NCc2nn(C)c(=O)c3ccccc23)cc1[N+](=O)[O-]. The van der Waals surface area contributed by atoms with Crippen molar-refractivity contribution < 1.29 is 9.72 Å². The summed E-state index contributed by atoms with van der Waals surface area (Å²) in [7, 11) is 1.55. The Bertz CT molecular complexity index is 1090. The molecule has 0 aliphatic heterocycles. The van der Waals surface area contributed by atoms with Gasteiger partial charge in [0.05, 0.1) is 22.5 Å². The highest BCUT2D eigenvalue weighted by molar-refractivity contribution is 5.95. The average Bonchev–Trinajstić information content (AvgIpc) is 2.63. The summed E-state index contributed by atoms with van der Waals surface area (Å²) >= 11 is 0. The summed E-state index contributed by atoms with van der Waals surface area (Å²) in [6.07, 6.45) is 0. The van der Waals surface area contributed by atoms with Crippen molar-refractivity contribution in [2.24, 2.45) is 7.05 Å². The molecule has 0 aliphatic carbocycles. The molecule has 2 aromatic carbocycles. The van der Waals surface area contributed by atoms with Gasteiger partial charge in [-0.25, -0.2) is 4.68 Å². The summed E-state index contributed by atoms with van der Waals surface area (Å²) in [4.78, 5) is 35.0. The Morgan fingerprint density at radius 3 is 2.62 bits per heavy atom. The summed E-state index contributed by atoms with van der Waals surface area (Å²) < 4.78 is 1.22. The van der Waals surface area contributed by atoms with Gasteiger partial charge in [-0.3, -0.25) is 19.7 Å². The zero-order chi connectivity index (χ0) is 18.8. The van der Waals surface area contributed by atoms with E-state index < -0.39 is 10.8 Å². The maximum Gasteiger partial charge on any atom is 0.274 e. The first-order chi connectivity index (χ1) is 12.4. The van der Waals surface area contributed by atoms with Crippen molar-refractivity contribution in [3.05, 3.63) is 79.8 Å². The lowest BCUT2D eigenvalue weighted by atomic mass is 10.1. The number of fused-ring (bicyclic) bond motifs is 1. The molecule has 0 bridgehead atoms. The van der Waals surface area contributed by atoms with Gasteiger partial charge in [-0.2, -0.15) is 5.10 Å². The molecule has 132 valence electrons. The van der Waals surface area contributed by atoms with Crippen molar-refractivity contribution in [1.29, 1.82) is 0 Å². The highest BCUT2D eigenvalue weighted by atomic mass is 16.6. The first-order valence-corrected chi connectivity index (χ1v) is 7.86. The van der Waals surface area contributed by atoms with Crippen LogP contribution in [0.5, 0.6) is 0 Å². The maximum atomic E-state index is 12.4. The quantitative estimate of drug-likeness (QED) is 0.571. The fourth-order valence-electron chi connectivity index (χ4n) is 2.72. The molecule has 0 radical (unpaired) electrons. The Morgan fingerprint density at radius 2 is 1.92 bits per heavy atom. The monoisotopic (exact) mass is 352 g/mol. The molecule has 0 spiro atoms. The molecule has 3 aromatic rings. The van der Waals surface area contributed by atoms with Crippen LogP contribution in [0, 0.1) is 17.0 Å². The number of carbonyl (C=O) groups is 1. The first-order valence-electron chi connectivity index (χ1n) is 7.86. The van der Waals surface area contributed by atoms with Crippen LogP contribution in [0.2, 0.25) is 0 Å². The highest BCUT2D eigenvalue weighted by Crippen LogP contribution is 2.19. The van der Waals surface area contributed by atoms with Crippen molar-refractivity contribution in [1.82, 2.24) is 15.1 Å². The van der Waals surface area contributed by atoms with E-state index >= 15 is 0 Å². The number of nitro benzene ring substituents is 1. The van der Waals surface area contributed by atoms with E-state index in [4.69, 9.17) is 0 Å². The van der Waals surface area contributed by atoms with Gasteiger partial charge in [0.15, 0.2) is 0 Å². The Hall–Kier alpha value is -3.55. The van der Waals surface area contributed by atoms with E-state index in [0.29, 0.717) is 22.0 Å². The summed E-state index contributed by atoms with van der Waals surface area (Å²) in [5.74, 6) is -0.451. The molecule has 1 heterocycles. The standard InChI is InChI=1S/C18H16N4O4/c1-11-7-8-12(9-16(11)22(25)26)17(23)19-10-15-13-5-3-4-6-14(13)18(24)21(2)20-15/h3-9H,10H2,1-2H3,(H,19,23). The Labute approximate surface area is 148 Å². The molecule has 0 fully saturated rings. The molecule has 0 saturated heterocycles. The van der Waals surface area contributed by atoms with E-state index in [0.717, 1.165) is 0 Å². The second-order valence-electron chi connectivity index (χ2n) is 5.86. The number of carbonyl (C=O) groups excluding carboxylic acids is 1. The summed E-state index contributed by atoms with van der Waals surface area (Å²) in [6.45, 7) is 1.70. The van der Waals surface area contributed by atoms with Crippen LogP contribution in [-0.4, -0.2) is 20.6 Å². The van der Waals surface area contributed by atoms with Crippen LogP contribution in [-0.2, 0) is 13.6 Å². The van der Waals surface area contributed by atoms with Crippen molar-refractivity contribution in [3.63, 3.8) is 0 Å². The van der Waals surface area contributed by atoms with Crippen LogP contribution >= 0.6 is 0 Å². The molecule has 1 N–H and O–H groups in total. The minimum absolute atomic E-state index is 0.0924. The number of nitrogens with zero attached hydrogens (tertiary/aromatic N) is 3. The predicted molar refractivity (Wildman–Crippen MR) is 96.0 cm³/mol. The number of nitrogens with one attached hydrogen (secondary N) is 1. The van der Waals surface area contributed by atoms with Crippen LogP contribution in [0.15, 0.2) is 47.3 Å². The molecule has 26 heavy (non-hydrogen) atoms. The molecule has 8 nitrogen and oxygen atoms in total. The summed E-state index contributed by atoms with van der Waals surface area (Å²) in [5.41, 5.74) is 0.888. The third-order valence-corrected chi connectivity index (χ3v) is 4.12. The summed E-state index contributed by atoms with van der Waals surface area (Å²) in [6, 6.07) is 11.3. The topological polar surface area (TPSA) is 107 Å². The molecular weight excluding hydrogens is 336 g/mol. The highest BCUT2D eigenvalue weighted by Gasteiger charge is 2.16. The second kappa shape index (κ2) is 6.75. The molecule has 0 unspecified atom stereocenters. The lowest BCUT2D eigenvalue weighted by Gasteiger charge is -2.09. The Kier molecular flexibility index (Phi) is 4.49. The Balaban J connectivity index is 1.88. The number of amides is 1. The molecule has 8 heteroatoms. The van der Waals surface area contributed by atoms with E-state index in [1.54, 1.807) is 38.2 Å². The van der Waals surface area contributed by atoms with Gasteiger partial charge in [0.25, 0.3) is 17.2 Å². The van der Waals surface area contributed by atoms with Crippen LogP contribution in [0.25, 0.3) is 10.8 Å². The molecule has 1 aromatic heterocycles. The van der Waals surface area contributed by atoms with Crippen molar-refractivity contribution >= 4 is 22.4 Å². The average molecular weight is 352 g/mol. The van der Waals surface area contributed by atoms with E-state index in [9.17, 15) is 19.7 Å². The fourth-order valence-corrected chi connectivity index (χ4v) is 2.72. The van der Waals surface area contributed by atoms with Gasteiger partial charge >= 0.3 is 0 Å². The lowest BCUT2D eigenvalue weighted by molar-refractivity contribution is -0.385. The van der Waals surface area contributed by atoms with Crippen molar-refractivity contribution in [3.8, 4) is 0 Å². The molecule has 1 amide bonds. The smallest absolute Gasteiger partial charge is 0.274 e. The third-order valence-electron chi connectivity index (χ3n) is 4.12. The van der Waals surface area contributed by atoms with Gasteiger partial charge in [0.1, 0.15) is 0 Å². The van der Waals surface area contributed by atoms with E-state index in [-0.39, 0.29) is 23.4 Å². The van der Waals surface area contributed by atoms with Gasteiger partial charge in [-0.1, -0.05) is 24.3 Å². The van der Waals surface area contributed by atoms with Crippen molar-refractivity contribution in [2.45, 2.75) is 13.5 Å². The van der Waals surface area contributed by atoms with Crippen molar-refractivity contribution in [2.75, 3.05) is 0 Å². The summed E-state index contributed by atoms with van der Waals surface area (Å²) in [5, 5.41) is 19.1. The minimum Gasteiger partial charge on any atom is -0.346 e. The van der Waals surface area contributed by atoms with Gasteiger partial charge < -0.3 is 5.32 Å². The number of aryl methyl sites for hydroxylation is 2. The molecular formula is C18H16N4O4. The zero-order valence-corrected chi connectivity index (χ0v) is 14.2. The molecule has 0 aliphatic rings. The van der Waals surface area contributed by atoms with E-state index in [1.807, 2.05) is 0 Å². The van der Waals surface area contributed by atoms with Gasteiger partial charge in [0, 0.05) is 29.6 Å². The number of hydrogen-bond acceptors (Lipinski definition) is 5. The number of aromatic nitrogens is 2. The van der Waals surface area contributed by atoms with Gasteiger partial charge in [0.2, 0.25) is 0 Å². The Morgan fingerprint density at radius 1 is 1.23 bits per heavy atom. The second-order valence-corrected chi connectivity index (χ2v) is 5.86. The van der Waals surface area contributed by atoms with Crippen LogP contribution in [0.3, 0.4) is 0 Å². The molecule has 0 saturated carbocycles. The van der Waals surface area contributed by atoms with Gasteiger partial charge in [-0.05, 0) is 19.1 Å². The largest absolute Gasteiger partial charge is 0.346 e. The third kappa shape index (κ3) is 3.16. The first kappa shape index (κ1) is 17.3. The molecule has 3 rings (SSSR count). The number of nitro groups is 1. The van der Waals surface area contributed by atoms with E-state index in [2.05, 4.69) is 10.4 Å². The van der Waals surface area contributed by atoms with Gasteiger partial charge in [-0.15, -0.1) is 0 Å². The predicted octanol–water partition coefficient (Wildman–Crippen LogP) is 2.08. The number of rotatable bonds is 4. The van der Waals surface area contributed by atoms with Crippen LogP contribution in [0.1, 0.15) is 21.6 Å². The lowest BCUT2D eigenvalue weighted by Crippen LogP contribution is -2.27. The minimum atomic E-state index is -0.520. The number of hydrogen-bond donors (Lipinski definition) is 1.